The number of rotatable bonds is 2. The van der Waals surface area contributed by atoms with E-state index in [0.717, 1.165) is 29.6 Å². The molecule has 6 unspecified atom stereocenters. The van der Waals surface area contributed by atoms with Gasteiger partial charge in [0.25, 0.3) is 0 Å². The van der Waals surface area contributed by atoms with Crippen molar-refractivity contribution in [3.05, 3.63) is 0 Å². The van der Waals surface area contributed by atoms with E-state index < -0.39 is 0 Å². The highest BCUT2D eigenvalue weighted by Crippen LogP contribution is 2.84. The van der Waals surface area contributed by atoms with Crippen LogP contribution >= 0.6 is 0 Å². The van der Waals surface area contributed by atoms with E-state index in [4.69, 9.17) is 0 Å². The van der Waals surface area contributed by atoms with Gasteiger partial charge in [-0.2, -0.15) is 0 Å². The van der Waals surface area contributed by atoms with Gasteiger partial charge in [-0.25, -0.2) is 0 Å². The van der Waals surface area contributed by atoms with Crippen LogP contribution in [0.1, 0.15) is 136 Å². The number of hydrogen-bond donors (Lipinski definition) is 0. The lowest BCUT2D eigenvalue weighted by Gasteiger charge is -2.78. The quantitative estimate of drug-likeness (QED) is 0.320. The first-order valence-electron chi connectivity index (χ1n) is 17.0. The minimum Gasteiger partial charge on any atom is -0.106 e. The molecule has 39 heavy (non-hydrogen) atoms. The predicted molar refractivity (Wildman–Crippen MR) is 158 cm³/mol. The molecule has 0 nitrogen and oxygen atoms in total. The van der Waals surface area contributed by atoms with Crippen molar-refractivity contribution >= 4 is 0 Å². The summed E-state index contributed by atoms with van der Waals surface area (Å²) < 4.78 is 0. The minimum atomic E-state index is 0.260. The smallest absolute Gasteiger partial charge is 0.0337 e. The van der Waals surface area contributed by atoms with Gasteiger partial charge in [-0.3, -0.25) is 0 Å². The van der Waals surface area contributed by atoms with Crippen LogP contribution in [0.3, 0.4) is 0 Å². The van der Waals surface area contributed by atoms with Gasteiger partial charge < -0.3 is 0 Å². The Morgan fingerprint density at radius 1 is 0.359 bits per heavy atom. The molecular formula is C39H50. The fourth-order valence-electron chi connectivity index (χ4n) is 16.6. The predicted octanol–water partition coefficient (Wildman–Crippen LogP) is 9.19. The van der Waals surface area contributed by atoms with Crippen LogP contribution in [-0.2, 0) is 0 Å². The van der Waals surface area contributed by atoms with Gasteiger partial charge in [0, 0.05) is 16.2 Å². The summed E-state index contributed by atoms with van der Waals surface area (Å²) in [6.45, 7) is 6.36. The fourth-order valence-corrected chi connectivity index (χ4v) is 16.6. The average molecular weight is 519 g/mol. The average Bonchev–Trinajstić information content (AvgIpc) is 2.81. The molecule has 206 valence electrons. The molecule has 0 aromatic heterocycles. The van der Waals surface area contributed by atoms with E-state index in [0.29, 0.717) is 27.1 Å². The van der Waals surface area contributed by atoms with Crippen LogP contribution < -0.4 is 0 Å². The number of hydrogen-bond acceptors (Lipinski definition) is 0. The van der Waals surface area contributed by atoms with Crippen molar-refractivity contribution in [2.24, 2.45) is 67.5 Å². The van der Waals surface area contributed by atoms with Crippen molar-refractivity contribution in [2.45, 2.75) is 136 Å². The zero-order chi connectivity index (χ0) is 26.4. The van der Waals surface area contributed by atoms with E-state index in [-0.39, 0.29) is 10.8 Å². The van der Waals surface area contributed by atoms with Gasteiger partial charge in [-0.1, -0.05) is 17.8 Å². The maximum Gasteiger partial charge on any atom is 0.0337 e. The SMILES string of the molecule is CC#CC12CC3CC(C1)CC(C14CC5CC(C1)CC(C16CC7CC(C#CC)(CC(C#CC)(C7)C1)C6)(C5)C4)(C3)C2. The summed E-state index contributed by atoms with van der Waals surface area (Å²) in [5.41, 5.74) is 3.20. The Morgan fingerprint density at radius 3 is 1.23 bits per heavy atom. The molecule has 0 aliphatic heterocycles. The van der Waals surface area contributed by atoms with Crippen molar-refractivity contribution in [1.82, 2.24) is 0 Å². The monoisotopic (exact) mass is 518 g/mol. The van der Waals surface area contributed by atoms with Crippen LogP contribution in [0.25, 0.3) is 0 Å². The zero-order valence-corrected chi connectivity index (χ0v) is 25.1. The van der Waals surface area contributed by atoms with Crippen molar-refractivity contribution in [3.63, 3.8) is 0 Å². The van der Waals surface area contributed by atoms with Crippen LogP contribution in [0.2, 0.25) is 0 Å². The Morgan fingerprint density at radius 2 is 0.718 bits per heavy atom. The molecule has 6 atom stereocenters. The molecule has 12 rings (SSSR count). The molecule has 0 heteroatoms. The highest BCUT2D eigenvalue weighted by Gasteiger charge is 2.75. The van der Waals surface area contributed by atoms with Crippen LogP contribution in [0.15, 0.2) is 0 Å². The van der Waals surface area contributed by atoms with Crippen molar-refractivity contribution < 1.29 is 0 Å². The molecule has 0 N–H and O–H groups in total. The van der Waals surface area contributed by atoms with E-state index in [1.807, 2.05) is 0 Å². The van der Waals surface area contributed by atoms with Gasteiger partial charge in [0.15, 0.2) is 0 Å². The topological polar surface area (TPSA) is 0 Å². The molecule has 0 radical (unpaired) electrons. The highest BCUT2D eigenvalue weighted by atomic mass is 14.8. The first-order chi connectivity index (χ1) is 18.7. The van der Waals surface area contributed by atoms with Crippen LogP contribution in [0.5, 0.6) is 0 Å². The van der Waals surface area contributed by atoms with Crippen LogP contribution in [-0.4, -0.2) is 0 Å². The lowest BCUT2D eigenvalue weighted by Crippen LogP contribution is -2.69. The second kappa shape index (κ2) is 7.35. The van der Waals surface area contributed by atoms with E-state index >= 15 is 0 Å². The highest BCUT2D eigenvalue weighted by molar-refractivity contribution is 5.33. The maximum atomic E-state index is 3.93. The largest absolute Gasteiger partial charge is 0.106 e. The summed E-state index contributed by atoms with van der Waals surface area (Å²) >= 11 is 0. The fraction of sp³-hybridized carbons (Fsp3) is 0.846. The molecule has 0 amide bonds. The molecule has 12 aliphatic carbocycles. The molecule has 0 aromatic rings. The lowest BCUT2D eigenvalue weighted by atomic mass is 9.26. The van der Waals surface area contributed by atoms with Gasteiger partial charge in [0.2, 0.25) is 0 Å². The molecule has 12 saturated carbocycles. The summed E-state index contributed by atoms with van der Waals surface area (Å²) in [4.78, 5) is 0. The van der Waals surface area contributed by atoms with Crippen molar-refractivity contribution in [1.29, 1.82) is 0 Å². The zero-order valence-electron chi connectivity index (χ0n) is 25.1. The normalized spacial score (nSPS) is 60.2. The third-order valence-corrected chi connectivity index (χ3v) is 15.6. The van der Waals surface area contributed by atoms with Gasteiger partial charge >= 0.3 is 0 Å². The maximum absolute atomic E-state index is 3.93. The van der Waals surface area contributed by atoms with Gasteiger partial charge in [0.05, 0.1) is 0 Å². The summed E-state index contributed by atoms with van der Waals surface area (Å²) in [6.07, 6.45) is 26.8. The van der Waals surface area contributed by atoms with Crippen molar-refractivity contribution in [2.75, 3.05) is 0 Å². The second-order valence-electron chi connectivity index (χ2n) is 18.0. The van der Waals surface area contributed by atoms with E-state index in [1.54, 1.807) is 51.4 Å². The van der Waals surface area contributed by atoms with E-state index in [2.05, 4.69) is 56.3 Å². The van der Waals surface area contributed by atoms with E-state index in [9.17, 15) is 0 Å². The third-order valence-electron chi connectivity index (χ3n) is 15.6. The molecule has 0 aromatic carbocycles. The lowest BCUT2D eigenvalue weighted by molar-refractivity contribution is -0.280. The Bertz CT molecular complexity index is 1240. The third kappa shape index (κ3) is 2.98. The molecule has 0 saturated heterocycles. The summed E-state index contributed by atoms with van der Waals surface area (Å²) in [5.74, 6) is 27.0. The van der Waals surface area contributed by atoms with Gasteiger partial charge in [0.1, 0.15) is 0 Å². The first-order valence-corrected chi connectivity index (χ1v) is 17.0. The summed E-state index contributed by atoms with van der Waals surface area (Å²) in [5, 5.41) is 0. The van der Waals surface area contributed by atoms with Gasteiger partial charge in [-0.15, -0.1) is 17.8 Å². The Balaban J connectivity index is 1.17. The Labute approximate surface area is 239 Å². The Kier molecular flexibility index (Phi) is 4.58. The summed E-state index contributed by atoms with van der Waals surface area (Å²) in [7, 11) is 0. The molecule has 12 aliphatic rings. The molecule has 12 bridgehead atoms. The van der Waals surface area contributed by atoms with Crippen LogP contribution in [0.4, 0.5) is 0 Å². The van der Waals surface area contributed by atoms with Crippen molar-refractivity contribution in [3.8, 4) is 35.5 Å². The van der Waals surface area contributed by atoms with Gasteiger partial charge in [-0.05, 0) is 188 Å². The van der Waals surface area contributed by atoms with E-state index in [1.165, 1.54) is 64.2 Å². The first kappa shape index (κ1) is 24.3. The van der Waals surface area contributed by atoms with Crippen LogP contribution in [0, 0.1) is 103 Å². The second-order valence-corrected chi connectivity index (χ2v) is 18.0. The molecule has 0 spiro atoms. The summed E-state index contributed by atoms with van der Waals surface area (Å²) in [6, 6.07) is 0. The molecule has 0 heterocycles. The molecular weight excluding hydrogens is 468 g/mol. The minimum absolute atomic E-state index is 0.260. The molecule has 12 fully saturated rings. The Hall–Kier alpha value is -1.32. The standard InChI is InChI=1S/C39H50/c1-4-7-33-12-28-10-29(13-33)17-36(16-28,24-33)37-18-30-11-31(19-37)21-38(20-30,27-37)39-22-32-14-34(25-39,8-5-2)23-35(15-32,26-39)9-6-3/h28-32H,10-27H2,1-3H3.